The minimum absolute atomic E-state index is 0.0318. The molecule has 5 heteroatoms. The van der Waals surface area contributed by atoms with Crippen LogP contribution >= 0.6 is 0 Å². The Balaban J connectivity index is 1.35. The van der Waals surface area contributed by atoms with Gasteiger partial charge in [0.05, 0.1) is 18.6 Å². The molecule has 37 heavy (non-hydrogen) atoms. The third kappa shape index (κ3) is 3.11. The zero-order chi connectivity index (χ0) is 26.6. The van der Waals surface area contributed by atoms with Crippen LogP contribution < -0.4 is 0 Å². The molecule has 0 amide bonds. The van der Waals surface area contributed by atoms with E-state index in [0.717, 1.165) is 44.9 Å². The highest BCUT2D eigenvalue weighted by Gasteiger charge is 2.76. The monoisotopic (exact) mass is 512 g/mol. The molecule has 0 N–H and O–H groups in total. The van der Waals surface area contributed by atoms with Gasteiger partial charge in [-0.2, -0.15) is 0 Å². The molecule has 5 nitrogen and oxygen atoms in total. The van der Waals surface area contributed by atoms with Gasteiger partial charge >= 0.3 is 5.97 Å². The van der Waals surface area contributed by atoms with E-state index >= 15 is 0 Å². The number of ether oxygens (including phenoxy) is 3. The molecule has 0 aromatic heterocycles. The standard InChI is InChI=1S/C32H48O5/c1-20(2)18-21(33)19-30(7)25-11-12-29(6)23-8-9-24-27(3,4)32(35-16-17-36-32)15-14-28(24,5)22(23)10-13-31(25,29)26(34)37-30/h10,20,23-25H,8-9,11-19H2,1-7H3/t23-,24+,25-,28-,29+,30?,31-/m1/s1. The molecule has 206 valence electrons. The molecule has 0 radical (unpaired) electrons. The van der Waals surface area contributed by atoms with Gasteiger partial charge in [-0.15, -0.1) is 0 Å². The fourth-order valence-electron chi connectivity index (χ4n) is 11.1. The second kappa shape index (κ2) is 7.93. The molecule has 2 saturated heterocycles. The lowest BCUT2D eigenvalue weighted by Crippen LogP contribution is -2.63. The maximum atomic E-state index is 14.0. The van der Waals surface area contributed by atoms with Crippen molar-refractivity contribution in [3.63, 3.8) is 0 Å². The van der Waals surface area contributed by atoms with E-state index in [2.05, 4.69) is 54.5 Å². The summed E-state index contributed by atoms with van der Waals surface area (Å²) in [6.07, 6.45) is 10.4. The first kappa shape index (κ1) is 26.0. The van der Waals surface area contributed by atoms with Crippen LogP contribution in [0.5, 0.6) is 0 Å². The van der Waals surface area contributed by atoms with Gasteiger partial charge in [0.1, 0.15) is 11.4 Å². The van der Waals surface area contributed by atoms with Crippen LogP contribution in [0, 0.1) is 45.3 Å². The van der Waals surface area contributed by atoms with Gasteiger partial charge in [0, 0.05) is 30.6 Å². The zero-order valence-electron chi connectivity index (χ0n) is 24.2. The molecule has 2 spiro atoms. The average Bonchev–Trinajstić information content (AvgIpc) is 3.45. The third-order valence-electron chi connectivity index (χ3n) is 12.7. The Morgan fingerprint density at radius 1 is 0.973 bits per heavy atom. The lowest BCUT2D eigenvalue weighted by molar-refractivity contribution is -0.285. The van der Waals surface area contributed by atoms with Crippen molar-refractivity contribution in [1.29, 1.82) is 0 Å². The molecular weight excluding hydrogens is 464 g/mol. The predicted molar refractivity (Wildman–Crippen MR) is 142 cm³/mol. The van der Waals surface area contributed by atoms with Gasteiger partial charge in [-0.25, -0.2) is 0 Å². The van der Waals surface area contributed by atoms with E-state index in [9.17, 15) is 9.59 Å². The van der Waals surface area contributed by atoms with E-state index in [1.165, 1.54) is 0 Å². The molecule has 7 atom stereocenters. The number of carbonyl (C=O) groups is 2. The van der Waals surface area contributed by atoms with Crippen LogP contribution in [-0.2, 0) is 23.8 Å². The van der Waals surface area contributed by atoms with E-state index in [4.69, 9.17) is 14.2 Å². The van der Waals surface area contributed by atoms with Crippen molar-refractivity contribution in [1.82, 2.24) is 0 Å². The highest BCUT2D eigenvalue weighted by molar-refractivity contribution is 5.86. The number of fused-ring (bicyclic) bond motifs is 4. The average molecular weight is 513 g/mol. The summed E-state index contributed by atoms with van der Waals surface area (Å²) in [5.74, 6) is 1.06. The van der Waals surface area contributed by atoms with Gasteiger partial charge in [0.25, 0.3) is 0 Å². The fourth-order valence-corrected chi connectivity index (χ4v) is 11.1. The second-order valence-electron chi connectivity index (χ2n) is 15.1. The number of esters is 1. The number of ketones is 1. The number of allylic oxidation sites excluding steroid dienone is 2. The minimum atomic E-state index is -0.677. The van der Waals surface area contributed by atoms with Gasteiger partial charge in [-0.1, -0.05) is 53.2 Å². The summed E-state index contributed by atoms with van der Waals surface area (Å²) in [5.41, 5.74) is 0.318. The maximum absolute atomic E-state index is 14.0. The smallest absolute Gasteiger partial charge is 0.313 e. The quantitative estimate of drug-likeness (QED) is 0.312. The normalized spacial score (nSPS) is 47.2. The van der Waals surface area contributed by atoms with Crippen molar-refractivity contribution in [2.24, 2.45) is 45.3 Å². The van der Waals surface area contributed by atoms with E-state index in [-0.39, 0.29) is 33.9 Å². The van der Waals surface area contributed by atoms with E-state index in [0.29, 0.717) is 43.8 Å². The number of rotatable bonds is 4. The van der Waals surface area contributed by atoms with Crippen LogP contribution in [0.2, 0.25) is 0 Å². The molecule has 0 aromatic rings. The number of cyclic esters (lactones) is 1. The van der Waals surface area contributed by atoms with Crippen LogP contribution in [-0.4, -0.2) is 36.4 Å². The summed E-state index contributed by atoms with van der Waals surface area (Å²) in [6, 6.07) is 0. The van der Waals surface area contributed by atoms with Crippen molar-refractivity contribution in [3.8, 4) is 0 Å². The summed E-state index contributed by atoms with van der Waals surface area (Å²) >= 11 is 0. The molecule has 6 rings (SSSR count). The first-order valence-corrected chi connectivity index (χ1v) is 15.0. The number of carbonyl (C=O) groups excluding carboxylic acids is 2. The van der Waals surface area contributed by atoms with E-state index < -0.39 is 16.8 Å². The molecular formula is C32H48O5. The highest BCUT2D eigenvalue weighted by Crippen LogP contribution is 2.76. The Morgan fingerprint density at radius 3 is 2.35 bits per heavy atom. The van der Waals surface area contributed by atoms with Crippen LogP contribution in [0.1, 0.15) is 106 Å². The summed E-state index contributed by atoms with van der Waals surface area (Å²) in [4.78, 5) is 26.9. The summed E-state index contributed by atoms with van der Waals surface area (Å²) in [7, 11) is 0. The maximum Gasteiger partial charge on any atom is 0.313 e. The molecule has 2 aliphatic heterocycles. The molecule has 5 fully saturated rings. The van der Waals surface area contributed by atoms with E-state index in [1.54, 1.807) is 5.57 Å². The number of Topliss-reactive ketones (excluding diaryl/α,β-unsaturated/α-hetero) is 1. The van der Waals surface area contributed by atoms with E-state index in [1.807, 2.05) is 0 Å². The van der Waals surface area contributed by atoms with Gasteiger partial charge < -0.3 is 14.2 Å². The van der Waals surface area contributed by atoms with Crippen LogP contribution in [0.3, 0.4) is 0 Å². The van der Waals surface area contributed by atoms with Gasteiger partial charge in [-0.05, 0) is 74.0 Å². The first-order chi connectivity index (χ1) is 17.3. The topological polar surface area (TPSA) is 61.8 Å². The van der Waals surface area contributed by atoms with Crippen molar-refractivity contribution >= 4 is 11.8 Å². The fraction of sp³-hybridized carbons (Fsp3) is 0.875. The largest absolute Gasteiger partial charge is 0.458 e. The Kier molecular flexibility index (Phi) is 5.58. The minimum Gasteiger partial charge on any atom is -0.458 e. The Bertz CT molecular complexity index is 1040. The van der Waals surface area contributed by atoms with Gasteiger partial charge in [0.2, 0.25) is 0 Å². The molecule has 0 bridgehead atoms. The highest BCUT2D eigenvalue weighted by atomic mass is 16.7. The predicted octanol–water partition coefficient (Wildman–Crippen LogP) is 6.64. The molecule has 2 heterocycles. The third-order valence-corrected chi connectivity index (χ3v) is 12.7. The molecule has 1 unspecified atom stereocenters. The molecule has 6 aliphatic rings. The second-order valence-corrected chi connectivity index (χ2v) is 15.1. The molecule has 4 aliphatic carbocycles. The number of hydrogen-bond donors (Lipinski definition) is 0. The summed E-state index contributed by atoms with van der Waals surface area (Å²) in [5, 5.41) is 0. The Hall–Kier alpha value is -1.20. The Morgan fingerprint density at radius 2 is 1.68 bits per heavy atom. The van der Waals surface area contributed by atoms with Crippen LogP contribution in [0.15, 0.2) is 11.6 Å². The van der Waals surface area contributed by atoms with Gasteiger partial charge in [-0.3, -0.25) is 9.59 Å². The molecule has 3 saturated carbocycles. The summed E-state index contributed by atoms with van der Waals surface area (Å²) < 4.78 is 18.9. The van der Waals surface area contributed by atoms with Crippen molar-refractivity contribution in [3.05, 3.63) is 11.6 Å². The van der Waals surface area contributed by atoms with Gasteiger partial charge in [0.15, 0.2) is 5.79 Å². The SMILES string of the molecule is CC(C)CC(=O)CC1(C)OC(=O)[C@]23CC=C4[C@@H](CC[C@H]5C(C)(C)C6(CC[C@]45C)OCCO6)[C@]2(C)CC[C@H]13. The Labute approximate surface area is 223 Å². The van der Waals surface area contributed by atoms with Crippen LogP contribution in [0.25, 0.3) is 0 Å². The lowest BCUT2D eigenvalue weighted by Gasteiger charge is -2.65. The lowest BCUT2D eigenvalue weighted by atomic mass is 9.40. The first-order valence-electron chi connectivity index (χ1n) is 15.0. The van der Waals surface area contributed by atoms with Crippen molar-refractivity contribution in [2.75, 3.05) is 13.2 Å². The zero-order valence-corrected chi connectivity index (χ0v) is 24.2. The van der Waals surface area contributed by atoms with Crippen molar-refractivity contribution in [2.45, 2.75) is 118 Å². The summed E-state index contributed by atoms with van der Waals surface area (Å²) in [6.45, 7) is 17.2. The number of hydrogen-bond acceptors (Lipinski definition) is 5. The van der Waals surface area contributed by atoms with Crippen molar-refractivity contribution < 1.29 is 23.8 Å². The molecule has 0 aromatic carbocycles. The van der Waals surface area contributed by atoms with Crippen LogP contribution in [0.4, 0.5) is 0 Å².